The van der Waals surface area contributed by atoms with Crippen molar-refractivity contribution in [3.05, 3.63) is 54.9 Å². The number of ether oxygens (including phenoxy) is 1. The highest BCUT2D eigenvalue weighted by molar-refractivity contribution is 5.99. The van der Waals surface area contributed by atoms with Crippen LogP contribution < -0.4 is 15.4 Å². The second-order valence-electron chi connectivity index (χ2n) is 4.86. The van der Waals surface area contributed by atoms with E-state index in [-0.39, 0.29) is 0 Å². The summed E-state index contributed by atoms with van der Waals surface area (Å²) in [5, 5.41) is 2.05. The first kappa shape index (κ1) is 13.2. The number of nitrogen functional groups attached to an aromatic ring is 1. The molecule has 0 fully saturated rings. The highest BCUT2D eigenvalue weighted by Crippen LogP contribution is 2.35. The molecule has 0 saturated carbocycles. The van der Waals surface area contributed by atoms with Gasteiger partial charge in [-0.1, -0.05) is 12.1 Å². The molecule has 106 valence electrons. The summed E-state index contributed by atoms with van der Waals surface area (Å²) in [5.74, 6) is 0.822. The van der Waals surface area contributed by atoms with Crippen LogP contribution in [0.2, 0.25) is 0 Å². The summed E-state index contributed by atoms with van der Waals surface area (Å²) in [6.45, 7) is 0. The van der Waals surface area contributed by atoms with Crippen LogP contribution in [0.3, 0.4) is 0 Å². The molecule has 2 N–H and O–H groups in total. The average Bonchev–Trinajstić information content (AvgIpc) is 2.55. The van der Waals surface area contributed by atoms with Gasteiger partial charge in [0.1, 0.15) is 5.75 Å². The molecule has 0 radical (unpaired) electrons. The highest BCUT2D eigenvalue weighted by atomic mass is 16.5. The minimum Gasteiger partial charge on any atom is -0.497 e. The minimum atomic E-state index is 0.750. The number of pyridine rings is 1. The number of benzene rings is 2. The van der Waals surface area contributed by atoms with E-state index in [9.17, 15) is 0 Å². The number of hydrogen-bond acceptors (Lipinski definition) is 4. The van der Waals surface area contributed by atoms with Gasteiger partial charge in [-0.05, 0) is 24.3 Å². The summed E-state index contributed by atoms with van der Waals surface area (Å²) >= 11 is 0. The first-order valence-electron chi connectivity index (χ1n) is 6.70. The van der Waals surface area contributed by atoms with Crippen molar-refractivity contribution in [1.29, 1.82) is 0 Å². The third kappa shape index (κ3) is 2.36. The lowest BCUT2D eigenvalue weighted by Crippen LogP contribution is -2.11. The average molecular weight is 279 g/mol. The fourth-order valence-electron chi connectivity index (χ4n) is 2.43. The third-order valence-corrected chi connectivity index (χ3v) is 3.64. The fraction of sp³-hybridized carbons (Fsp3) is 0.118. The summed E-state index contributed by atoms with van der Waals surface area (Å²) in [5.41, 5.74) is 9.06. The normalized spacial score (nSPS) is 10.6. The summed E-state index contributed by atoms with van der Waals surface area (Å²) in [6, 6.07) is 13.9. The van der Waals surface area contributed by atoms with Crippen molar-refractivity contribution in [2.24, 2.45) is 0 Å². The molecule has 0 aliphatic carbocycles. The molecule has 4 nitrogen and oxygen atoms in total. The van der Waals surface area contributed by atoms with Crippen LogP contribution in [0.1, 0.15) is 0 Å². The molecule has 0 aliphatic rings. The Balaban J connectivity index is 2.08. The molecular weight excluding hydrogens is 262 g/mol. The smallest absolute Gasteiger partial charge is 0.120 e. The number of rotatable bonds is 3. The zero-order chi connectivity index (χ0) is 14.8. The Morgan fingerprint density at radius 1 is 1.14 bits per heavy atom. The lowest BCUT2D eigenvalue weighted by Gasteiger charge is -2.22. The van der Waals surface area contributed by atoms with Gasteiger partial charge in [-0.2, -0.15) is 0 Å². The van der Waals surface area contributed by atoms with Gasteiger partial charge in [0.25, 0.3) is 0 Å². The van der Waals surface area contributed by atoms with E-state index in [0.29, 0.717) is 0 Å². The number of methoxy groups -OCH3 is 1. The maximum atomic E-state index is 6.33. The summed E-state index contributed by atoms with van der Waals surface area (Å²) in [7, 11) is 3.66. The third-order valence-electron chi connectivity index (χ3n) is 3.64. The minimum absolute atomic E-state index is 0.750. The molecule has 21 heavy (non-hydrogen) atoms. The molecule has 0 atom stereocenters. The van der Waals surface area contributed by atoms with Crippen LogP contribution >= 0.6 is 0 Å². The van der Waals surface area contributed by atoms with E-state index in [0.717, 1.165) is 33.6 Å². The molecule has 0 bridgehead atoms. The Hall–Kier alpha value is -2.75. The summed E-state index contributed by atoms with van der Waals surface area (Å²) < 4.78 is 5.28. The molecule has 0 saturated heterocycles. The fourth-order valence-corrected chi connectivity index (χ4v) is 2.43. The Bertz CT molecular complexity index is 786. The first-order chi connectivity index (χ1) is 10.2. The van der Waals surface area contributed by atoms with Crippen molar-refractivity contribution < 1.29 is 4.74 Å². The van der Waals surface area contributed by atoms with Crippen molar-refractivity contribution in [3.8, 4) is 5.75 Å². The van der Waals surface area contributed by atoms with E-state index in [1.54, 1.807) is 13.3 Å². The molecule has 0 spiro atoms. The van der Waals surface area contributed by atoms with Gasteiger partial charge in [0, 0.05) is 42.0 Å². The van der Waals surface area contributed by atoms with E-state index in [2.05, 4.69) is 9.88 Å². The lowest BCUT2D eigenvalue weighted by molar-refractivity contribution is 0.415. The van der Waals surface area contributed by atoms with Crippen LogP contribution in [0.15, 0.2) is 54.9 Å². The van der Waals surface area contributed by atoms with E-state index >= 15 is 0 Å². The van der Waals surface area contributed by atoms with Gasteiger partial charge in [-0.15, -0.1) is 0 Å². The summed E-state index contributed by atoms with van der Waals surface area (Å²) in [4.78, 5) is 6.18. The number of nitrogens with two attached hydrogens (primary N) is 1. The van der Waals surface area contributed by atoms with Gasteiger partial charge in [0.05, 0.1) is 18.5 Å². The number of nitrogens with zero attached hydrogens (tertiary/aromatic N) is 2. The molecule has 2 aromatic carbocycles. The monoisotopic (exact) mass is 279 g/mol. The second kappa shape index (κ2) is 5.32. The predicted octanol–water partition coefficient (Wildman–Crippen LogP) is 3.59. The van der Waals surface area contributed by atoms with E-state index in [4.69, 9.17) is 10.5 Å². The van der Waals surface area contributed by atoms with Gasteiger partial charge < -0.3 is 15.4 Å². The van der Waals surface area contributed by atoms with Gasteiger partial charge in [0.15, 0.2) is 0 Å². The van der Waals surface area contributed by atoms with Crippen LogP contribution in [-0.4, -0.2) is 19.1 Å². The number of hydrogen-bond donors (Lipinski definition) is 1. The zero-order valence-corrected chi connectivity index (χ0v) is 12.1. The van der Waals surface area contributed by atoms with Gasteiger partial charge in [-0.25, -0.2) is 0 Å². The molecule has 0 amide bonds. The van der Waals surface area contributed by atoms with Crippen molar-refractivity contribution in [2.75, 3.05) is 24.8 Å². The Labute approximate surface area is 123 Å². The van der Waals surface area contributed by atoms with E-state index in [1.807, 2.05) is 55.7 Å². The standard InChI is InChI=1S/C17H17N3O/c1-20(13-4-3-5-14(10-13)21-2)16-7-6-12-11-19-9-8-15(12)17(16)18/h3-11H,18H2,1-2H3. The number of anilines is 3. The Morgan fingerprint density at radius 2 is 2.00 bits per heavy atom. The maximum absolute atomic E-state index is 6.33. The second-order valence-corrected chi connectivity index (χ2v) is 4.86. The quantitative estimate of drug-likeness (QED) is 0.744. The summed E-state index contributed by atoms with van der Waals surface area (Å²) in [6.07, 6.45) is 3.58. The molecule has 0 unspecified atom stereocenters. The van der Waals surface area contributed by atoms with Crippen LogP contribution in [0, 0.1) is 0 Å². The maximum Gasteiger partial charge on any atom is 0.120 e. The lowest BCUT2D eigenvalue weighted by atomic mass is 10.1. The predicted molar refractivity (Wildman–Crippen MR) is 87.2 cm³/mol. The van der Waals surface area contributed by atoms with Gasteiger partial charge in [0.2, 0.25) is 0 Å². The van der Waals surface area contributed by atoms with Crippen LogP contribution in [0.5, 0.6) is 5.75 Å². The molecule has 3 rings (SSSR count). The molecule has 1 aromatic heterocycles. The van der Waals surface area contributed by atoms with Crippen molar-refractivity contribution in [3.63, 3.8) is 0 Å². The van der Waals surface area contributed by atoms with Crippen molar-refractivity contribution in [1.82, 2.24) is 4.98 Å². The van der Waals surface area contributed by atoms with Crippen molar-refractivity contribution in [2.45, 2.75) is 0 Å². The van der Waals surface area contributed by atoms with E-state index < -0.39 is 0 Å². The Kier molecular flexibility index (Phi) is 3.36. The van der Waals surface area contributed by atoms with Crippen LogP contribution in [0.25, 0.3) is 10.8 Å². The molecule has 4 heteroatoms. The molecule has 3 aromatic rings. The van der Waals surface area contributed by atoms with Crippen LogP contribution in [0.4, 0.5) is 17.1 Å². The SMILES string of the molecule is COc1cccc(N(C)c2ccc3cnccc3c2N)c1. The molecule has 0 aliphatic heterocycles. The topological polar surface area (TPSA) is 51.4 Å². The molecule has 1 heterocycles. The van der Waals surface area contributed by atoms with E-state index in [1.165, 1.54) is 0 Å². The number of aromatic nitrogens is 1. The number of fused-ring (bicyclic) bond motifs is 1. The molecular formula is C17H17N3O. The Morgan fingerprint density at radius 3 is 2.81 bits per heavy atom. The first-order valence-corrected chi connectivity index (χ1v) is 6.70. The van der Waals surface area contributed by atoms with Crippen LogP contribution in [-0.2, 0) is 0 Å². The van der Waals surface area contributed by atoms with Crippen molar-refractivity contribution >= 4 is 27.8 Å². The van der Waals surface area contributed by atoms with Gasteiger partial charge in [-0.3, -0.25) is 4.98 Å². The highest BCUT2D eigenvalue weighted by Gasteiger charge is 2.11. The zero-order valence-electron chi connectivity index (χ0n) is 12.1. The van der Waals surface area contributed by atoms with Gasteiger partial charge >= 0.3 is 0 Å². The largest absolute Gasteiger partial charge is 0.497 e.